The Kier molecular flexibility index (Phi) is 4.59. The van der Waals surface area contributed by atoms with Gasteiger partial charge in [-0.1, -0.05) is 11.6 Å². The van der Waals surface area contributed by atoms with Gasteiger partial charge in [-0.25, -0.2) is 8.42 Å². The van der Waals surface area contributed by atoms with Crippen LogP contribution in [0.2, 0.25) is 5.02 Å². The van der Waals surface area contributed by atoms with Crippen LogP contribution in [-0.4, -0.2) is 46.1 Å². The highest BCUT2D eigenvalue weighted by atomic mass is 35.5. The van der Waals surface area contributed by atoms with Gasteiger partial charge in [0, 0.05) is 19.1 Å². The maximum absolute atomic E-state index is 11.7. The van der Waals surface area contributed by atoms with Crippen molar-refractivity contribution >= 4 is 33.2 Å². The molecule has 1 aromatic carbocycles. The number of sulfonamides is 1. The van der Waals surface area contributed by atoms with Gasteiger partial charge in [0.05, 0.1) is 11.9 Å². The van der Waals surface area contributed by atoms with Gasteiger partial charge < -0.3 is 4.90 Å². The Bertz CT molecular complexity index is 526. The van der Waals surface area contributed by atoms with E-state index in [0.717, 1.165) is 10.6 Å². The monoisotopic (exact) mass is 290 g/mol. The van der Waals surface area contributed by atoms with E-state index in [-0.39, 0.29) is 12.5 Å². The highest BCUT2D eigenvalue weighted by molar-refractivity contribution is 7.92. The van der Waals surface area contributed by atoms with E-state index < -0.39 is 10.0 Å². The molecule has 0 N–H and O–H groups in total. The number of amides is 1. The quantitative estimate of drug-likeness (QED) is 0.837. The summed E-state index contributed by atoms with van der Waals surface area (Å²) in [6, 6.07) is 6.28. The van der Waals surface area contributed by atoms with Crippen LogP contribution in [0.25, 0.3) is 0 Å². The third kappa shape index (κ3) is 3.89. The summed E-state index contributed by atoms with van der Waals surface area (Å²) in [7, 11) is -0.369. The predicted molar refractivity (Wildman–Crippen MR) is 72.3 cm³/mol. The second kappa shape index (κ2) is 5.58. The van der Waals surface area contributed by atoms with Gasteiger partial charge in [-0.3, -0.25) is 9.10 Å². The number of anilines is 1. The largest absolute Gasteiger partial charge is 0.347 e. The first-order chi connectivity index (χ1) is 8.21. The van der Waals surface area contributed by atoms with E-state index in [0.29, 0.717) is 10.7 Å². The number of carbonyl (C=O) groups is 1. The van der Waals surface area contributed by atoms with Crippen LogP contribution in [0.4, 0.5) is 5.69 Å². The third-order valence-electron chi connectivity index (χ3n) is 2.29. The average molecular weight is 291 g/mol. The van der Waals surface area contributed by atoms with Crippen LogP contribution in [0.1, 0.15) is 0 Å². The van der Waals surface area contributed by atoms with Crippen molar-refractivity contribution in [2.75, 3.05) is 31.2 Å². The Labute approximate surface area is 112 Å². The fourth-order valence-corrected chi connectivity index (χ4v) is 2.25. The summed E-state index contributed by atoms with van der Waals surface area (Å²) in [5.41, 5.74) is 0.414. The molecule has 7 heteroatoms. The normalized spacial score (nSPS) is 11.1. The Morgan fingerprint density at radius 3 is 2.11 bits per heavy atom. The molecule has 100 valence electrons. The fraction of sp³-hybridized carbons (Fsp3) is 0.364. The van der Waals surface area contributed by atoms with Crippen molar-refractivity contribution in [2.24, 2.45) is 0 Å². The van der Waals surface area contributed by atoms with E-state index in [1.807, 2.05) is 0 Å². The molecule has 1 amide bonds. The lowest BCUT2D eigenvalue weighted by molar-refractivity contribution is -0.127. The Hall–Kier alpha value is -1.27. The lowest BCUT2D eigenvalue weighted by atomic mass is 10.3. The summed E-state index contributed by atoms with van der Waals surface area (Å²) in [5.74, 6) is -0.296. The van der Waals surface area contributed by atoms with Gasteiger partial charge in [-0.05, 0) is 24.3 Å². The van der Waals surface area contributed by atoms with E-state index in [1.54, 1.807) is 38.4 Å². The molecule has 0 unspecified atom stereocenters. The summed E-state index contributed by atoms with van der Waals surface area (Å²) < 4.78 is 24.4. The lowest BCUT2D eigenvalue weighted by Gasteiger charge is -2.23. The zero-order valence-corrected chi connectivity index (χ0v) is 12.0. The minimum Gasteiger partial charge on any atom is -0.347 e. The van der Waals surface area contributed by atoms with E-state index in [9.17, 15) is 13.2 Å². The van der Waals surface area contributed by atoms with Crippen molar-refractivity contribution < 1.29 is 13.2 Å². The molecule has 0 aromatic heterocycles. The molecule has 0 heterocycles. The van der Waals surface area contributed by atoms with E-state index >= 15 is 0 Å². The standard InChI is InChI=1S/C11H15ClN2O3S/c1-13(2)11(15)8-14(18(3,16)17)10-6-4-9(12)5-7-10/h4-7H,8H2,1-3H3. The molecule has 0 aliphatic carbocycles. The second-order valence-electron chi connectivity index (χ2n) is 4.03. The van der Waals surface area contributed by atoms with Crippen molar-refractivity contribution in [1.29, 1.82) is 0 Å². The number of hydrogen-bond donors (Lipinski definition) is 0. The van der Waals surface area contributed by atoms with Gasteiger partial charge in [0.25, 0.3) is 0 Å². The van der Waals surface area contributed by atoms with Crippen LogP contribution in [-0.2, 0) is 14.8 Å². The smallest absolute Gasteiger partial charge is 0.242 e. The summed E-state index contributed by atoms with van der Waals surface area (Å²) in [6.07, 6.45) is 1.06. The molecule has 0 saturated carbocycles. The number of benzene rings is 1. The van der Waals surface area contributed by atoms with Crippen molar-refractivity contribution in [1.82, 2.24) is 4.90 Å². The highest BCUT2D eigenvalue weighted by Gasteiger charge is 2.21. The molecule has 0 bridgehead atoms. The maximum Gasteiger partial charge on any atom is 0.242 e. The Morgan fingerprint density at radius 1 is 1.22 bits per heavy atom. The molecular weight excluding hydrogens is 276 g/mol. The van der Waals surface area contributed by atoms with Crippen LogP contribution in [0.3, 0.4) is 0 Å². The molecule has 0 aliphatic rings. The minimum atomic E-state index is -3.52. The van der Waals surface area contributed by atoms with Gasteiger partial charge in [0.15, 0.2) is 0 Å². The summed E-state index contributed by atoms with van der Waals surface area (Å²) in [5, 5.41) is 0.506. The van der Waals surface area contributed by atoms with Gasteiger partial charge in [-0.15, -0.1) is 0 Å². The molecule has 0 aliphatic heterocycles. The number of halogens is 1. The second-order valence-corrected chi connectivity index (χ2v) is 6.38. The van der Waals surface area contributed by atoms with Crippen LogP contribution in [0.15, 0.2) is 24.3 Å². The van der Waals surface area contributed by atoms with Gasteiger partial charge in [-0.2, -0.15) is 0 Å². The summed E-state index contributed by atoms with van der Waals surface area (Å²) in [4.78, 5) is 13.0. The molecule has 0 fully saturated rings. The topological polar surface area (TPSA) is 57.7 Å². The zero-order valence-electron chi connectivity index (χ0n) is 10.4. The first-order valence-corrected chi connectivity index (χ1v) is 7.38. The third-order valence-corrected chi connectivity index (χ3v) is 3.69. The number of rotatable bonds is 4. The van der Waals surface area contributed by atoms with E-state index in [2.05, 4.69) is 0 Å². The van der Waals surface area contributed by atoms with E-state index in [4.69, 9.17) is 11.6 Å². The van der Waals surface area contributed by atoms with Crippen LogP contribution < -0.4 is 4.31 Å². The molecule has 1 aromatic rings. The number of hydrogen-bond acceptors (Lipinski definition) is 3. The zero-order chi connectivity index (χ0) is 13.9. The molecule has 1 rings (SSSR count). The van der Waals surface area contributed by atoms with Crippen LogP contribution >= 0.6 is 11.6 Å². The first kappa shape index (κ1) is 14.8. The molecular formula is C11H15ClN2O3S. The molecule has 18 heavy (non-hydrogen) atoms. The number of carbonyl (C=O) groups excluding carboxylic acids is 1. The summed E-state index contributed by atoms with van der Waals surface area (Å²) in [6.45, 7) is -0.229. The first-order valence-electron chi connectivity index (χ1n) is 5.15. The van der Waals surface area contributed by atoms with Gasteiger partial charge >= 0.3 is 0 Å². The highest BCUT2D eigenvalue weighted by Crippen LogP contribution is 2.20. The summed E-state index contributed by atoms with van der Waals surface area (Å²) >= 11 is 5.74. The van der Waals surface area contributed by atoms with E-state index in [1.165, 1.54) is 4.90 Å². The van der Waals surface area contributed by atoms with Gasteiger partial charge in [0.1, 0.15) is 6.54 Å². The number of likely N-dealkylation sites (N-methyl/N-ethyl adjacent to an activating group) is 1. The minimum absolute atomic E-state index is 0.229. The Morgan fingerprint density at radius 2 is 1.72 bits per heavy atom. The lowest BCUT2D eigenvalue weighted by Crippen LogP contribution is -2.39. The SMILES string of the molecule is CN(C)C(=O)CN(c1ccc(Cl)cc1)S(C)(=O)=O. The van der Waals surface area contributed by atoms with Gasteiger partial charge in [0.2, 0.25) is 15.9 Å². The number of nitrogens with zero attached hydrogens (tertiary/aromatic N) is 2. The fourth-order valence-electron chi connectivity index (χ4n) is 1.27. The molecule has 0 spiro atoms. The molecule has 5 nitrogen and oxygen atoms in total. The molecule has 0 radical (unpaired) electrons. The van der Waals surface area contributed by atoms with Crippen LogP contribution in [0, 0.1) is 0 Å². The van der Waals surface area contributed by atoms with Crippen molar-refractivity contribution in [2.45, 2.75) is 0 Å². The van der Waals surface area contributed by atoms with Crippen LogP contribution in [0.5, 0.6) is 0 Å². The average Bonchev–Trinajstić information content (AvgIpc) is 2.25. The van der Waals surface area contributed by atoms with Crippen molar-refractivity contribution in [3.8, 4) is 0 Å². The maximum atomic E-state index is 11.7. The van der Waals surface area contributed by atoms with Crippen molar-refractivity contribution in [3.63, 3.8) is 0 Å². The Balaban J connectivity index is 3.07. The molecule has 0 saturated heterocycles. The predicted octanol–water partition coefficient (Wildman–Crippen LogP) is 1.19. The van der Waals surface area contributed by atoms with Crippen molar-refractivity contribution in [3.05, 3.63) is 29.3 Å². The molecule has 0 atom stereocenters.